The summed E-state index contributed by atoms with van der Waals surface area (Å²) in [5.41, 5.74) is 0.813. The van der Waals surface area contributed by atoms with E-state index in [9.17, 15) is 4.39 Å². The van der Waals surface area contributed by atoms with Gasteiger partial charge in [-0.3, -0.25) is 0 Å². The summed E-state index contributed by atoms with van der Waals surface area (Å²) in [6.07, 6.45) is 0.964. The van der Waals surface area contributed by atoms with E-state index in [0.717, 1.165) is 17.8 Å². The molecular formula is C12H11BFNO3. The van der Waals surface area contributed by atoms with Crippen molar-refractivity contribution in [2.24, 2.45) is 0 Å². The van der Waals surface area contributed by atoms with Gasteiger partial charge in [-0.15, -0.1) is 0 Å². The number of halogens is 1. The van der Waals surface area contributed by atoms with Crippen molar-refractivity contribution < 1.29 is 19.2 Å². The molecule has 0 saturated carbocycles. The van der Waals surface area contributed by atoms with Gasteiger partial charge in [0, 0.05) is 5.46 Å². The zero-order valence-electron chi connectivity index (χ0n) is 9.45. The number of aromatic nitrogens is 1. The van der Waals surface area contributed by atoms with Crippen LogP contribution in [0.3, 0.4) is 0 Å². The first kappa shape index (κ1) is 12.5. The number of hydrogen-bond acceptors (Lipinski definition) is 4. The van der Waals surface area contributed by atoms with Crippen molar-refractivity contribution in [3.8, 4) is 5.88 Å². The van der Waals surface area contributed by atoms with Crippen LogP contribution in [0.15, 0.2) is 42.6 Å². The van der Waals surface area contributed by atoms with Crippen molar-refractivity contribution >= 4 is 12.6 Å². The molecule has 2 aromatic rings. The molecule has 1 heterocycles. The minimum Gasteiger partial charge on any atom is -0.473 e. The smallest absolute Gasteiger partial charge is 0.473 e. The highest BCUT2D eigenvalue weighted by atomic mass is 19.1. The van der Waals surface area contributed by atoms with E-state index in [1.165, 1.54) is 0 Å². The van der Waals surface area contributed by atoms with Gasteiger partial charge in [-0.2, -0.15) is 0 Å². The zero-order chi connectivity index (χ0) is 13.0. The average molecular weight is 247 g/mol. The second kappa shape index (κ2) is 5.62. The molecule has 6 heteroatoms. The van der Waals surface area contributed by atoms with Crippen LogP contribution in [-0.2, 0) is 6.61 Å². The maximum absolute atomic E-state index is 12.9. The van der Waals surface area contributed by atoms with E-state index in [-0.39, 0.29) is 17.9 Å². The lowest BCUT2D eigenvalue weighted by atomic mass is 9.81. The molecule has 18 heavy (non-hydrogen) atoms. The van der Waals surface area contributed by atoms with Crippen LogP contribution in [0.25, 0.3) is 0 Å². The maximum Gasteiger partial charge on any atom is 0.494 e. The van der Waals surface area contributed by atoms with E-state index in [4.69, 9.17) is 14.8 Å². The molecular weight excluding hydrogens is 236 g/mol. The number of ether oxygens (including phenoxy) is 1. The fraction of sp³-hybridized carbons (Fsp3) is 0.0833. The summed E-state index contributed by atoms with van der Waals surface area (Å²) in [6, 6.07) is 10.3. The van der Waals surface area contributed by atoms with Crippen LogP contribution in [0.2, 0.25) is 0 Å². The Labute approximate surface area is 104 Å². The van der Waals surface area contributed by atoms with Crippen LogP contribution in [0.5, 0.6) is 5.88 Å². The van der Waals surface area contributed by atoms with Crippen LogP contribution >= 0.6 is 0 Å². The topological polar surface area (TPSA) is 62.6 Å². The second-order valence-corrected chi connectivity index (χ2v) is 3.70. The van der Waals surface area contributed by atoms with Gasteiger partial charge >= 0.3 is 7.12 Å². The largest absolute Gasteiger partial charge is 0.494 e. The Hall–Kier alpha value is -1.92. The molecule has 4 nitrogen and oxygen atoms in total. The van der Waals surface area contributed by atoms with Gasteiger partial charge in [-0.25, -0.2) is 9.37 Å². The van der Waals surface area contributed by atoms with Crippen molar-refractivity contribution in [1.29, 1.82) is 0 Å². The van der Waals surface area contributed by atoms with Gasteiger partial charge in [-0.1, -0.05) is 30.3 Å². The number of nitrogens with zero attached hydrogens (tertiary/aromatic N) is 1. The summed E-state index contributed by atoms with van der Waals surface area (Å²) in [7, 11) is -1.82. The summed E-state index contributed by atoms with van der Waals surface area (Å²) in [5, 5.41) is 18.2. The molecule has 2 rings (SSSR count). The van der Waals surface area contributed by atoms with Crippen LogP contribution in [-0.4, -0.2) is 22.2 Å². The summed E-state index contributed by atoms with van der Waals surface area (Å²) in [6.45, 7) is 0.221. The SMILES string of the molecule is OB(O)c1cc(F)cnc1OCc1ccccc1. The second-order valence-electron chi connectivity index (χ2n) is 3.70. The van der Waals surface area contributed by atoms with Crippen molar-refractivity contribution in [3.63, 3.8) is 0 Å². The molecule has 92 valence electrons. The molecule has 0 amide bonds. The summed E-state index contributed by atoms with van der Waals surface area (Å²) < 4.78 is 18.3. The van der Waals surface area contributed by atoms with Crippen molar-refractivity contribution in [1.82, 2.24) is 4.98 Å². The van der Waals surface area contributed by atoms with Crippen molar-refractivity contribution in [2.75, 3.05) is 0 Å². The molecule has 0 fully saturated rings. The third kappa shape index (κ3) is 3.06. The highest BCUT2D eigenvalue weighted by Gasteiger charge is 2.19. The van der Waals surface area contributed by atoms with Gasteiger partial charge < -0.3 is 14.8 Å². The van der Waals surface area contributed by atoms with Gasteiger partial charge in [0.1, 0.15) is 12.4 Å². The average Bonchev–Trinajstić information content (AvgIpc) is 2.38. The minimum absolute atomic E-state index is 0.00949. The van der Waals surface area contributed by atoms with E-state index >= 15 is 0 Å². The number of rotatable bonds is 4. The number of benzene rings is 1. The van der Waals surface area contributed by atoms with Crippen molar-refractivity contribution in [2.45, 2.75) is 6.61 Å². The fourth-order valence-corrected chi connectivity index (χ4v) is 1.47. The Kier molecular flexibility index (Phi) is 3.91. The monoisotopic (exact) mass is 247 g/mol. The quantitative estimate of drug-likeness (QED) is 0.771. The molecule has 0 bridgehead atoms. The summed E-state index contributed by atoms with van der Waals surface area (Å²) in [4.78, 5) is 3.70. The highest BCUT2D eigenvalue weighted by molar-refractivity contribution is 6.59. The van der Waals surface area contributed by atoms with E-state index < -0.39 is 12.9 Å². The Morgan fingerprint density at radius 1 is 1.22 bits per heavy atom. The van der Waals surface area contributed by atoms with E-state index in [2.05, 4.69) is 4.98 Å². The molecule has 0 radical (unpaired) electrons. The Morgan fingerprint density at radius 3 is 2.61 bits per heavy atom. The van der Waals surface area contributed by atoms with E-state index in [1.54, 1.807) is 0 Å². The number of hydrogen-bond donors (Lipinski definition) is 2. The van der Waals surface area contributed by atoms with Gasteiger partial charge in [0.15, 0.2) is 0 Å². The third-order valence-electron chi connectivity index (χ3n) is 2.34. The van der Waals surface area contributed by atoms with Crippen LogP contribution < -0.4 is 10.2 Å². The predicted molar refractivity (Wildman–Crippen MR) is 64.8 cm³/mol. The minimum atomic E-state index is -1.82. The lowest BCUT2D eigenvalue weighted by Gasteiger charge is -2.09. The first-order chi connectivity index (χ1) is 8.66. The molecule has 1 aromatic heterocycles. The normalized spacial score (nSPS) is 10.2. The molecule has 2 N–H and O–H groups in total. The standard InChI is InChI=1S/C12H11BFNO3/c14-10-6-11(13(16)17)12(15-7-10)18-8-9-4-2-1-3-5-9/h1-7,16-17H,8H2. The lowest BCUT2D eigenvalue weighted by Crippen LogP contribution is -2.32. The first-order valence-electron chi connectivity index (χ1n) is 5.35. The molecule has 0 unspecified atom stereocenters. The Morgan fingerprint density at radius 2 is 1.94 bits per heavy atom. The molecule has 0 aliphatic rings. The van der Waals surface area contributed by atoms with Crippen LogP contribution in [0, 0.1) is 5.82 Å². The predicted octanol–water partition coefficient (Wildman–Crippen LogP) is 0.479. The molecule has 0 spiro atoms. The zero-order valence-corrected chi connectivity index (χ0v) is 9.45. The van der Waals surface area contributed by atoms with E-state index in [0.29, 0.717) is 0 Å². The van der Waals surface area contributed by atoms with Gasteiger partial charge in [0.05, 0.1) is 6.20 Å². The van der Waals surface area contributed by atoms with Gasteiger partial charge in [0.2, 0.25) is 5.88 Å². The third-order valence-corrected chi connectivity index (χ3v) is 2.34. The lowest BCUT2D eigenvalue weighted by molar-refractivity contribution is 0.294. The van der Waals surface area contributed by atoms with Crippen LogP contribution in [0.1, 0.15) is 5.56 Å². The van der Waals surface area contributed by atoms with Gasteiger partial charge in [0.25, 0.3) is 0 Å². The summed E-state index contributed by atoms with van der Waals surface area (Å²) >= 11 is 0. The Bertz CT molecular complexity index is 522. The Balaban J connectivity index is 2.14. The first-order valence-corrected chi connectivity index (χ1v) is 5.35. The van der Waals surface area contributed by atoms with Gasteiger partial charge in [-0.05, 0) is 11.6 Å². The molecule has 0 aliphatic heterocycles. The number of pyridine rings is 1. The fourth-order valence-electron chi connectivity index (χ4n) is 1.47. The molecule has 0 saturated heterocycles. The van der Waals surface area contributed by atoms with E-state index in [1.807, 2.05) is 30.3 Å². The molecule has 1 aromatic carbocycles. The van der Waals surface area contributed by atoms with Crippen LogP contribution in [0.4, 0.5) is 4.39 Å². The summed E-state index contributed by atoms with van der Waals surface area (Å²) in [5.74, 6) is -0.639. The van der Waals surface area contributed by atoms with Crippen molar-refractivity contribution in [3.05, 3.63) is 54.0 Å². The molecule has 0 atom stereocenters. The maximum atomic E-state index is 12.9. The molecule has 0 aliphatic carbocycles. The highest BCUT2D eigenvalue weighted by Crippen LogP contribution is 2.08.